The van der Waals surface area contributed by atoms with Crippen molar-refractivity contribution in [3.05, 3.63) is 23.0 Å². The molecule has 0 amide bonds. The topological polar surface area (TPSA) is 82.8 Å². The molecule has 1 atom stereocenters. The molecule has 0 fully saturated rings. The molecule has 3 N–H and O–H groups in total. The van der Waals surface area contributed by atoms with E-state index in [0.29, 0.717) is 13.0 Å². The number of allylic oxidation sites excluding steroid dienone is 3. The summed E-state index contributed by atoms with van der Waals surface area (Å²) < 4.78 is 15.4. The number of ether oxygens (including phenoxy) is 3. The number of nitrogens with one attached hydrogen (secondary N) is 1. The van der Waals surface area contributed by atoms with Crippen LogP contribution in [0.15, 0.2) is 23.0 Å². The molecule has 23 heavy (non-hydrogen) atoms. The van der Waals surface area contributed by atoms with E-state index >= 15 is 0 Å². The third kappa shape index (κ3) is 7.52. The van der Waals surface area contributed by atoms with E-state index in [9.17, 15) is 4.79 Å². The fourth-order valence-electron chi connectivity index (χ4n) is 2.29. The van der Waals surface area contributed by atoms with Gasteiger partial charge in [-0.2, -0.15) is 0 Å². The fraction of sp³-hybridized carbons (Fsp3) is 0.706. The standard InChI is InChI=1S/C17H30N2O4/c1-13(22-3)8-11-23-17(20)16(18)14-6-4-7-15(12-14)19-9-5-10-21-2/h12-13,19H,4-11,18H2,1-3H3/b16-14+. The first-order valence-electron chi connectivity index (χ1n) is 8.20. The van der Waals surface area contributed by atoms with E-state index < -0.39 is 5.97 Å². The Balaban J connectivity index is 2.51. The predicted molar refractivity (Wildman–Crippen MR) is 89.7 cm³/mol. The highest BCUT2D eigenvalue weighted by molar-refractivity contribution is 5.88. The van der Waals surface area contributed by atoms with Crippen molar-refractivity contribution < 1.29 is 19.0 Å². The number of methoxy groups -OCH3 is 2. The first-order valence-corrected chi connectivity index (χ1v) is 8.20. The van der Waals surface area contributed by atoms with Crippen LogP contribution in [0.25, 0.3) is 0 Å². The highest BCUT2D eigenvalue weighted by Crippen LogP contribution is 2.22. The molecular weight excluding hydrogens is 296 g/mol. The molecule has 0 saturated carbocycles. The first-order chi connectivity index (χ1) is 11.1. The SMILES string of the molecule is COCCCNC1=C/C(=C(/N)C(=O)OCCC(C)OC)CCC1. The average Bonchev–Trinajstić information content (AvgIpc) is 2.58. The third-order valence-electron chi connectivity index (χ3n) is 3.84. The van der Waals surface area contributed by atoms with Crippen molar-refractivity contribution in [3.63, 3.8) is 0 Å². The van der Waals surface area contributed by atoms with Gasteiger partial charge in [0.2, 0.25) is 0 Å². The highest BCUT2D eigenvalue weighted by Gasteiger charge is 2.16. The van der Waals surface area contributed by atoms with E-state index in [1.165, 1.54) is 0 Å². The Hall–Kier alpha value is -1.53. The quantitative estimate of drug-likeness (QED) is 0.362. The van der Waals surface area contributed by atoms with E-state index in [1.54, 1.807) is 14.2 Å². The van der Waals surface area contributed by atoms with Crippen LogP contribution in [-0.4, -0.2) is 46.1 Å². The summed E-state index contributed by atoms with van der Waals surface area (Å²) in [6, 6.07) is 0. The van der Waals surface area contributed by atoms with Crippen molar-refractivity contribution in [2.45, 2.75) is 45.1 Å². The Morgan fingerprint density at radius 1 is 1.35 bits per heavy atom. The summed E-state index contributed by atoms with van der Waals surface area (Å²) in [6.07, 6.45) is 6.41. The zero-order valence-electron chi connectivity index (χ0n) is 14.5. The van der Waals surface area contributed by atoms with Gasteiger partial charge in [-0.1, -0.05) is 0 Å². The maximum Gasteiger partial charge on any atom is 0.354 e. The van der Waals surface area contributed by atoms with Crippen molar-refractivity contribution >= 4 is 5.97 Å². The van der Waals surface area contributed by atoms with Crippen LogP contribution in [-0.2, 0) is 19.0 Å². The number of hydrogen-bond acceptors (Lipinski definition) is 6. The van der Waals surface area contributed by atoms with Crippen LogP contribution in [0.2, 0.25) is 0 Å². The van der Waals surface area contributed by atoms with E-state index in [0.717, 1.165) is 50.1 Å². The van der Waals surface area contributed by atoms with E-state index in [2.05, 4.69) is 5.32 Å². The average molecular weight is 326 g/mol. The van der Waals surface area contributed by atoms with E-state index in [1.807, 2.05) is 13.0 Å². The van der Waals surface area contributed by atoms with Crippen molar-refractivity contribution in [1.82, 2.24) is 5.32 Å². The Morgan fingerprint density at radius 3 is 2.83 bits per heavy atom. The minimum Gasteiger partial charge on any atom is -0.461 e. The molecule has 0 spiro atoms. The zero-order valence-corrected chi connectivity index (χ0v) is 14.5. The Labute approximate surface area is 139 Å². The second kappa shape index (κ2) is 11.1. The molecule has 0 bridgehead atoms. The minimum absolute atomic E-state index is 0.0640. The molecule has 1 aliphatic rings. The molecule has 0 aromatic carbocycles. The van der Waals surface area contributed by atoms with Crippen LogP contribution in [0.5, 0.6) is 0 Å². The molecule has 0 aliphatic heterocycles. The van der Waals surface area contributed by atoms with Gasteiger partial charge in [0.15, 0.2) is 0 Å². The van der Waals surface area contributed by atoms with E-state index in [4.69, 9.17) is 19.9 Å². The van der Waals surface area contributed by atoms with Gasteiger partial charge in [0, 0.05) is 39.5 Å². The second-order valence-electron chi connectivity index (χ2n) is 5.71. The van der Waals surface area contributed by atoms with Crippen LogP contribution >= 0.6 is 0 Å². The lowest BCUT2D eigenvalue weighted by Gasteiger charge is -2.18. The smallest absolute Gasteiger partial charge is 0.354 e. The Bertz CT molecular complexity index is 432. The van der Waals surface area contributed by atoms with Gasteiger partial charge in [0.1, 0.15) is 5.70 Å². The van der Waals surface area contributed by atoms with Crippen LogP contribution in [0.3, 0.4) is 0 Å². The molecule has 1 unspecified atom stereocenters. The Kier molecular flexibility index (Phi) is 9.40. The molecule has 0 saturated heterocycles. The summed E-state index contributed by atoms with van der Waals surface area (Å²) in [6.45, 7) is 3.83. The molecular formula is C17H30N2O4. The number of nitrogens with two attached hydrogens (primary N) is 1. The fourth-order valence-corrected chi connectivity index (χ4v) is 2.29. The molecule has 0 radical (unpaired) electrons. The predicted octanol–water partition coefficient (Wildman–Crippen LogP) is 1.86. The van der Waals surface area contributed by atoms with Gasteiger partial charge in [-0.15, -0.1) is 0 Å². The molecule has 0 heterocycles. The van der Waals surface area contributed by atoms with Crippen LogP contribution < -0.4 is 11.1 Å². The first kappa shape index (κ1) is 19.5. The summed E-state index contributed by atoms with van der Waals surface area (Å²) in [7, 11) is 3.33. The molecule has 1 rings (SSSR count). The second-order valence-corrected chi connectivity index (χ2v) is 5.71. The van der Waals surface area contributed by atoms with Crippen molar-refractivity contribution in [2.75, 3.05) is 34.0 Å². The lowest BCUT2D eigenvalue weighted by molar-refractivity contribution is -0.139. The van der Waals surface area contributed by atoms with Gasteiger partial charge in [0.25, 0.3) is 0 Å². The van der Waals surface area contributed by atoms with Gasteiger partial charge in [-0.3, -0.25) is 0 Å². The summed E-state index contributed by atoms with van der Waals surface area (Å²) in [5.41, 5.74) is 8.15. The lowest BCUT2D eigenvalue weighted by Crippen LogP contribution is -2.22. The van der Waals surface area contributed by atoms with Crippen LogP contribution in [0, 0.1) is 0 Å². The normalized spacial score (nSPS) is 18.1. The number of carbonyl (C=O) groups excluding carboxylic acids is 1. The van der Waals surface area contributed by atoms with Crippen LogP contribution in [0.4, 0.5) is 0 Å². The van der Waals surface area contributed by atoms with Crippen molar-refractivity contribution in [1.29, 1.82) is 0 Å². The number of rotatable bonds is 10. The summed E-state index contributed by atoms with van der Waals surface area (Å²) >= 11 is 0. The monoisotopic (exact) mass is 326 g/mol. The summed E-state index contributed by atoms with van der Waals surface area (Å²) in [4.78, 5) is 12.0. The van der Waals surface area contributed by atoms with Gasteiger partial charge in [-0.25, -0.2) is 4.79 Å². The van der Waals surface area contributed by atoms with Gasteiger partial charge in [0.05, 0.1) is 12.7 Å². The molecule has 6 nitrogen and oxygen atoms in total. The molecule has 0 aromatic heterocycles. The number of carbonyl (C=O) groups is 1. The summed E-state index contributed by atoms with van der Waals surface area (Å²) in [5, 5.41) is 3.37. The molecule has 0 aromatic rings. The Morgan fingerprint density at radius 2 is 2.13 bits per heavy atom. The van der Waals surface area contributed by atoms with Crippen molar-refractivity contribution in [3.8, 4) is 0 Å². The largest absolute Gasteiger partial charge is 0.461 e. The molecule has 6 heteroatoms. The number of hydrogen-bond donors (Lipinski definition) is 2. The maximum atomic E-state index is 12.0. The minimum atomic E-state index is -0.444. The van der Waals surface area contributed by atoms with Crippen LogP contribution in [0.1, 0.15) is 39.0 Å². The number of esters is 1. The van der Waals surface area contributed by atoms with Gasteiger partial charge >= 0.3 is 5.97 Å². The maximum absolute atomic E-state index is 12.0. The summed E-state index contributed by atoms with van der Waals surface area (Å²) in [5.74, 6) is -0.444. The van der Waals surface area contributed by atoms with Crippen molar-refractivity contribution in [2.24, 2.45) is 5.73 Å². The highest BCUT2D eigenvalue weighted by atomic mass is 16.5. The van der Waals surface area contributed by atoms with Gasteiger partial charge in [-0.05, 0) is 44.3 Å². The zero-order chi connectivity index (χ0) is 17.1. The molecule has 1 aliphatic carbocycles. The van der Waals surface area contributed by atoms with E-state index in [-0.39, 0.29) is 11.8 Å². The third-order valence-corrected chi connectivity index (χ3v) is 3.84. The van der Waals surface area contributed by atoms with Gasteiger partial charge < -0.3 is 25.3 Å². The molecule has 132 valence electrons. The lowest BCUT2D eigenvalue weighted by atomic mass is 9.97.